The Balaban J connectivity index is 0.758. The second kappa shape index (κ2) is 21.9. The van der Waals surface area contributed by atoms with Gasteiger partial charge in [-0.05, 0) is 264 Å². The van der Waals surface area contributed by atoms with E-state index in [1.807, 2.05) is 37.3 Å². The monoisotopic (exact) mass is 975 g/mol. The van der Waals surface area contributed by atoms with Gasteiger partial charge in [0.05, 0.1) is 23.0 Å². The van der Waals surface area contributed by atoms with Crippen LogP contribution in [0, 0.1) is 66.7 Å². The summed E-state index contributed by atoms with van der Waals surface area (Å²) in [5.41, 5.74) is 31.7. The minimum absolute atomic E-state index is 0.293. The molecular formula is C63H62N10O. The molecule has 0 spiro atoms. The summed E-state index contributed by atoms with van der Waals surface area (Å²) in [4.78, 5) is 0. The molecule has 0 unspecified atom stereocenters. The van der Waals surface area contributed by atoms with Crippen LogP contribution < -0.4 is 48.1 Å². The Morgan fingerprint density at radius 1 is 0.284 bits per heavy atom. The van der Waals surface area contributed by atoms with Gasteiger partial charge >= 0.3 is 0 Å². The zero-order valence-electron chi connectivity index (χ0n) is 43.1. The highest BCUT2D eigenvalue weighted by molar-refractivity contribution is 5.78. The number of aryl methyl sites for hydroxylation is 8. The number of aromatic hydroxyl groups is 1. The van der Waals surface area contributed by atoms with Gasteiger partial charge in [0, 0.05) is 79.6 Å². The first-order valence-electron chi connectivity index (χ1n) is 24.7. The molecule has 0 saturated heterocycles. The van der Waals surface area contributed by atoms with Gasteiger partial charge in [-0.1, -0.05) is 6.07 Å². The average Bonchev–Trinajstić information content (AvgIpc) is 3.37. The van der Waals surface area contributed by atoms with Crippen molar-refractivity contribution in [3.8, 4) is 11.8 Å². The fraction of sp³-hybridized carbons (Fsp3) is 0.127. The molecule has 0 aliphatic carbocycles. The first-order valence-corrected chi connectivity index (χ1v) is 24.7. The number of hydrazine groups is 1. The van der Waals surface area contributed by atoms with Gasteiger partial charge in [0.1, 0.15) is 5.75 Å². The zero-order valence-corrected chi connectivity index (χ0v) is 43.1. The molecule has 10 N–H and O–H groups in total. The smallest absolute Gasteiger partial charge is 0.118 e. The van der Waals surface area contributed by atoms with E-state index in [-0.39, 0.29) is 0 Å². The Morgan fingerprint density at radius 3 is 0.797 bits per heavy atom. The third kappa shape index (κ3) is 12.1. The molecule has 11 heteroatoms. The van der Waals surface area contributed by atoms with E-state index in [9.17, 15) is 10.4 Å². The predicted octanol–water partition coefficient (Wildman–Crippen LogP) is 17.4. The predicted molar refractivity (Wildman–Crippen MR) is 312 cm³/mol. The van der Waals surface area contributed by atoms with Crippen LogP contribution in [0.25, 0.3) is 0 Å². The van der Waals surface area contributed by atoms with E-state index in [1.54, 1.807) is 18.2 Å². The summed E-state index contributed by atoms with van der Waals surface area (Å²) >= 11 is 0. The van der Waals surface area contributed by atoms with Crippen molar-refractivity contribution in [2.24, 2.45) is 0 Å². The van der Waals surface area contributed by atoms with E-state index in [4.69, 9.17) is 0 Å². The van der Waals surface area contributed by atoms with Crippen molar-refractivity contribution in [1.29, 1.82) is 5.26 Å². The molecule has 74 heavy (non-hydrogen) atoms. The van der Waals surface area contributed by atoms with Crippen LogP contribution in [-0.4, -0.2) is 5.11 Å². The Kier molecular flexibility index (Phi) is 14.6. The van der Waals surface area contributed by atoms with Gasteiger partial charge in [-0.25, -0.2) is 0 Å². The summed E-state index contributed by atoms with van der Waals surface area (Å²) in [6, 6.07) is 59.4. The highest BCUT2D eigenvalue weighted by Crippen LogP contribution is 2.35. The minimum atomic E-state index is 0.293. The quantitative estimate of drug-likeness (QED) is 0.0314. The second-order valence-electron chi connectivity index (χ2n) is 19.0. The number of anilines is 16. The van der Waals surface area contributed by atoms with Crippen molar-refractivity contribution in [1.82, 2.24) is 0 Å². The van der Waals surface area contributed by atoms with Crippen LogP contribution in [0.5, 0.6) is 5.75 Å². The Labute approximate surface area is 434 Å². The molecule has 0 aliphatic rings. The Bertz CT molecular complexity index is 3580. The van der Waals surface area contributed by atoms with Crippen molar-refractivity contribution in [2.75, 3.05) is 48.1 Å². The summed E-state index contributed by atoms with van der Waals surface area (Å²) in [6.45, 7) is 16.7. The van der Waals surface area contributed by atoms with Crippen molar-refractivity contribution in [3.05, 3.63) is 220 Å². The number of hydrogen-bond acceptors (Lipinski definition) is 11. The van der Waals surface area contributed by atoms with Gasteiger partial charge in [0.2, 0.25) is 0 Å². The van der Waals surface area contributed by atoms with Crippen LogP contribution in [0.4, 0.5) is 91.0 Å². The summed E-state index contributed by atoms with van der Waals surface area (Å²) in [5, 5.41) is 44.2. The lowest BCUT2D eigenvalue weighted by Crippen LogP contribution is -2.09. The first kappa shape index (κ1) is 49.5. The molecule has 0 fully saturated rings. The second-order valence-corrected chi connectivity index (χ2v) is 19.0. The average molecular weight is 975 g/mol. The van der Waals surface area contributed by atoms with Crippen LogP contribution in [-0.2, 0) is 0 Å². The topological polar surface area (TPSA) is 152 Å². The Morgan fingerprint density at radius 2 is 0.527 bits per heavy atom. The van der Waals surface area contributed by atoms with Gasteiger partial charge in [-0.2, -0.15) is 5.26 Å². The lowest BCUT2D eigenvalue weighted by Gasteiger charge is -2.17. The van der Waals surface area contributed by atoms with Gasteiger partial charge in [0.15, 0.2) is 0 Å². The lowest BCUT2D eigenvalue weighted by molar-refractivity contribution is 0.471. The number of benzene rings is 9. The van der Waals surface area contributed by atoms with Crippen LogP contribution >= 0.6 is 0 Å². The molecule has 0 heterocycles. The molecule has 0 aromatic heterocycles. The maximum absolute atomic E-state index is 9.90. The number of nitrogens with one attached hydrogen (secondary N) is 9. The van der Waals surface area contributed by atoms with Crippen molar-refractivity contribution in [2.45, 2.75) is 55.4 Å². The summed E-state index contributed by atoms with van der Waals surface area (Å²) in [5.74, 6) is 0.293. The molecule has 370 valence electrons. The third-order valence-electron chi connectivity index (χ3n) is 13.1. The fourth-order valence-corrected chi connectivity index (χ4v) is 8.80. The zero-order chi connectivity index (χ0) is 51.9. The number of hydrogen-bond donors (Lipinski definition) is 10. The van der Waals surface area contributed by atoms with Crippen LogP contribution in [0.3, 0.4) is 0 Å². The van der Waals surface area contributed by atoms with E-state index in [2.05, 4.69) is 224 Å². The summed E-state index contributed by atoms with van der Waals surface area (Å²) in [7, 11) is 0. The van der Waals surface area contributed by atoms with E-state index >= 15 is 0 Å². The van der Waals surface area contributed by atoms with Crippen molar-refractivity contribution < 1.29 is 5.11 Å². The number of nitrogens with zero attached hydrogens (tertiary/aromatic N) is 1. The highest BCUT2D eigenvalue weighted by atomic mass is 16.3. The fourth-order valence-electron chi connectivity index (χ4n) is 8.80. The molecule has 0 aliphatic heterocycles. The normalized spacial score (nSPS) is 10.7. The molecular weight excluding hydrogens is 913 g/mol. The Hall–Kier alpha value is -9.53. The number of rotatable bonds is 17. The number of phenols is 1. The number of nitriles is 1. The molecule has 9 aromatic carbocycles. The van der Waals surface area contributed by atoms with Gasteiger partial charge in [0.25, 0.3) is 0 Å². The van der Waals surface area contributed by atoms with Gasteiger partial charge in [-0.15, -0.1) is 0 Å². The first-order chi connectivity index (χ1) is 35.7. The number of phenolic OH excluding ortho intramolecular Hbond substituents is 1. The third-order valence-corrected chi connectivity index (χ3v) is 13.1. The van der Waals surface area contributed by atoms with E-state index in [0.29, 0.717) is 11.3 Å². The van der Waals surface area contributed by atoms with Crippen LogP contribution in [0.2, 0.25) is 0 Å². The van der Waals surface area contributed by atoms with E-state index in [1.165, 1.54) is 0 Å². The lowest BCUT2D eigenvalue weighted by atomic mass is 10.1. The highest BCUT2D eigenvalue weighted by Gasteiger charge is 2.11. The maximum atomic E-state index is 9.90. The van der Waals surface area contributed by atoms with Gasteiger partial charge in [-0.3, -0.25) is 0 Å². The molecule has 0 amide bonds. The van der Waals surface area contributed by atoms with E-state index in [0.717, 1.165) is 136 Å². The van der Waals surface area contributed by atoms with Crippen LogP contribution in [0.1, 0.15) is 50.1 Å². The van der Waals surface area contributed by atoms with Gasteiger partial charge < -0.3 is 53.2 Å². The molecule has 0 radical (unpaired) electrons. The molecule has 0 bridgehead atoms. The maximum Gasteiger partial charge on any atom is 0.118 e. The molecule has 9 rings (SSSR count). The minimum Gasteiger partial charge on any atom is -0.508 e. The standard InChI is InChI=1S/C63H62N10O/c1-38-28-48(66-58-22-14-50(30-40(58)3)68-60-24-16-52(32-42(60)5)70-62-26-18-55(34-44(62)7)73-72-54-11-9-10-46(36-54)37-64)12-20-56(38)65-47-13-21-57(39(2)29-47)67-49-15-23-59(41(4)31-49)69-51-17-25-61(43(6)33-51)71-53-19-27-63(74)45(8)35-53/h9-36,65-74H,1-8H3. The summed E-state index contributed by atoms with van der Waals surface area (Å²) in [6.07, 6.45) is 0. The molecule has 11 nitrogen and oxygen atoms in total. The SMILES string of the molecule is Cc1cc(Nc2ccc(Nc3ccc(Nc4ccc(Nc5ccc(Nc6ccc(Nc7ccc(Nc8ccc(NNc9cccc(C#N)c9)cc8C)cc7C)cc6C)cc5C)cc4C)cc3C)cc2C)ccc1O. The molecule has 0 atom stereocenters. The van der Waals surface area contributed by atoms with Crippen LogP contribution in [0.15, 0.2) is 170 Å². The van der Waals surface area contributed by atoms with Crippen molar-refractivity contribution in [3.63, 3.8) is 0 Å². The van der Waals surface area contributed by atoms with E-state index < -0.39 is 0 Å². The molecule has 0 saturated carbocycles. The van der Waals surface area contributed by atoms with Crippen molar-refractivity contribution >= 4 is 91.0 Å². The summed E-state index contributed by atoms with van der Waals surface area (Å²) < 4.78 is 0. The largest absolute Gasteiger partial charge is 0.508 e. The molecule has 9 aromatic rings.